The van der Waals surface area contributed by atoms with E-state index in [-0.39, 0.29) is 0 Å². The summed E-state index contributed by atoms with van der Waals surface area (Å²) in [4.78, 5) is 20.1. The minimum atomic E-state index is -1.73. The molecule has 4 heteroatoms. The van der Waals surface area contributed by atoms with Crippen molar-refractivity contribution in [1.82, 2.24) is 0 Å². The third kappa shape index (κ3) is 1.80. The van der Waals surface area contributed by atoms with Crippen molar-refractivity contribution in [1.29, 1.82) is 0 Å². The Bertz CT molecular complexity index is 150. The van der Waals surface area contributed by atoms with E-state index in [0.717, 1.165) is 0 Å². The van der Waals surface area contributed by atoms with Gasteiger partial charge in [0.1, 0.15) is 12.4 Å². The van der Waals surface area contributed by atoms with Crippen LogP contribution in [0.4, 0.5) is 0 Å². The summed E-state index contributed by atoms with van der Waals surface area (Å²) in [5, 5.41) is 18.7. The predicted octanol–water partition coefficient (Wildman–Crippen LogP) is -1.68. The van der Waals surface area contributed by atoms with Crippen LogP contribution in [0.2, 0.25) is 0 Å². The van der Waals surface area contributed by atoms with E-state index in [4.69, 9.17) is 5.11 Å². The highest BCUT2D eigenvalue weighted by molar-refractivity contribution is 5.77. The van der Waals surface area contributed by atoms with Crippen LogP contribution in [0.15, 0.2) is 0 Å². The number of aldehydes is 1. The summed E-state index contributed by atoms with van der Waals surface area (Å²) in [5.74, 6) is -1.63. The van der Waals surface area contributed by atoms with Crippen LogP contribution in [0.3, 0.4) is 0 Å². The average Bonchev–Trinajstić information content (AvgIpc) is 1.86. The molecule has 0 fully saturated rings. The average molecular weight is 145 g/mol. The number of aliphatic carboxylic acids is 1. The Morgan fingerprint density at radius 1 is 1.70 bits per heavy atom. The molecule has 0 unspecified atom stereocenters. The van der Waals surface area contributed by atoms with E-state index >= 15 is 0 Å². The fraction of sp³-hybridized carbons (Fsp3) is 0.667. The van der Waals surface area contributed by atoms with Crippen LogP contribution in [0.5, 0.6) is 0 Å². The Kier molecular flexibility index (Phi) is 2.54. The van der Waals surface area contributed by atoms with Crippen LogP contribution in [0.1, 0.15) is 13.8 Å². The zero-order chi connectivity index (χ0) is 8.36. The van der Waals surface area contributed by atoms with E-state index < -0.39 is 17.5 Å². The Hall–Kier alpha value is -0.900. The molecule has 0 heterocycles. The largest absolute Gasteiger partial charge is 0.547 e. The minimum Gasteiger partial charge on any atom is -0.547 e. The summed E-state index contributed by atoms with van der Waals surface area (Å²) in [7, 11) is 0. The monoisotopic (exact) mass is 145 g/mol. The van der Waals surface area contributed by atoms with Gasteiger partial charge in [-0.15, -0.1) is 0 Å². The molecule has 58 valence electrons. The summed E-state index contributed by atoms with van der Waals surface area (Å²) in [6, 6.07) is 0. The standard InChI is InChI=1S/C6H10O4/c1-6(2,3-7)4(8)5(9)10/h3-4,8H,1-2H3,(H,9,10)/p-1/t4-/m0/s1. The number of carboxylic acids is 1. The number of aliphatic hydroxyl groups excluding tert-OH is 1. The first-order valence-electron chi connectivity index (χ1n) is 2.77. The van der Waals surface area contributed by atoms with Crippen LogP contribution in [0, 0.1) is 5.41 Å². The van der Waals surface area contributed by atoms with Gasteiger partial charge in [-0.2, -0.15) is 0 Å². The van der Waals surface area contributed by atoms with Crippen LogP contribution in [0.25, 0.3) is 0 Å². The van der Waals surface area contributed by atoms with Gasteiger partial charge in [0.05, 0.1) is 11.4 Å². The summed E-state index contributed by atoms with van der Waals surface area (Å²) in [5.41, 5.74) is -1.27. The fourth-order valence-electron chi connectivity index (χ4n) is 0.368. The maximum absolute atomic E-state index is 10.1. The van der Waals surface area contributed by atoms with Crippen molar-refractivity contribution in [3.63, 3.8) is 0 Å². The molecule has 0 saturated heterocycles. The summed E-state index contributed by atoms with van der Waals surface area (Å²) in [6.45, 7) is 2.64. The van der Waals surface area contributed by atoms with Gasteiger partial charge in [-0.3, -0.25) is 0 Å². The molecule has 0 aromatic rings. The fourth-order valence-corrected chi connectivity index (χ4v) is 0.368. The first-order valence-corrected chi connectivity index (χ1v) is 2.77. The Morgan fingerprint density at radius 2 is 2.10 bits per heavy atom. The SMILES string of the molecule is CC(C)(C=O)[C@@H](O)C(=O)[O-]. The number of carbonyl (C=O) groups excluding carboxylic acids is 2. The molecule has 0 aromatic heterocycles. The molecule has 0 aliphatic heterocycles. The first kappa shape index (κ1) is 9.10. The van der Waals surface area contributed by atoms with Gasteiger partial charge in [-0.1, -0.05) is 13.8 Å². The Balaban J connectivity index is 4.31. The Labute approximate surface area is 58.5 Å². The van der Waals surface area contributed by atoms with Crippen molar-refractivity contribution in [2.75, 3.05) is 0 Å². The van der Waals surface area contributed by atoms with Crippen LogP contribution >= 0.6 is 0 Å². The summed E-state index contributed by atoms with van der Waals surface area (Å²) >= 11 is 0. The van der Waals surface area contributed by atoms with E-state index in [0.29, 0.717) is 6.29 Å². The molecule has 0 aliphatic carbocycles. The minimum absolute atomic E-state index is 0.382. The number of hydrogen-bond acceptors (Lipinski definition) is 4. The molecule has 4 nitrogen and oxygen atoms in total. The van der Waals surface area contributed by atoms with Gasteiger partial charge in [0.15, 0.2) is 0 Å². The number of rotatable bonds is 3. The highest BCUT2D eigenvalue weighted by Gasteiger charge is 2.27. The Morgan fingerprint density at radius 3 is 2.20 bits per heavy atom. The summed E-state index contributed by atoms with van der Waals surface area (Å²) < 4.78 is 0. The second kappa shape index (κ2) is 2.79. The van der Waals surface area contributed by atoms with Crippen molar-refractivity contribution in [3.8, 4) is 0 Å². The molecule has 0 radical (unpaired) electrons. The molecule has 0 rings (SSSR count). The molecule has 0 aliphatic rings. The van der Waals surface area contributed by atoms with Gasteiger partial charge in [-0.25, -0.2) is 0 Å². The molecule has 10 heavy (non-hydrogen) atoms. The number of aliphatic hydroxyl groups is 1. The molecular weight excluding hydrogens is 136 g/mol. The van der Waals surface area contributed by atoms with Crippen LogP contribution in [-0.2, 0) is 9.59 Å². The zero-order valence-electron chi connectivity index (χ0n) is 5.83. The van der Waals surface area contributed by atoms with Gasteiger partial charge in [0, 0.05) is 0 Å². The molecule has 0 aromatic carbocycles. The second-order valence-corrected chi connectivity index (χ2v) is 2.66. The van der Waals surface area contributed by atoms with Crippen molar-refractivity contribution < 1.29 is 19.8 Å². The van der Waals surface area contributed by atoms with E-state index in [1.165, 1.54) is 13.8 Å². The molecule has 0 spiro atoms. The van der Waals surface area contributed by atoms with Gasteiger partial charge >= 0.3 is 0 Å². The van der Waals surface area contributed by atoms with Gasteiger partial charge in [-0.05, 0) is 0 Å². The normalized spacial score (nSPS) is 14.3. The molecule has 1 N–H and O–H groups in total. The van der Waals surface area contributed by atoms with E-state index in [1.54, 1.807) is 0 Å². The van der Waals surface area contributed by atoms with E-state index in [2.05, 4.69) is 0 Å². The van der Waals surface area contributed by atoms with Gasteiger partial charge in [0.2, 0.25) is 0 Å². The predicted molar refractivity (Wildman–Crippen MR) is 30.9 cm³/mol. The van der Waals surface area contributed by atoms with E-state index in [9.17, 15) is 14.7 Å². The molecule has 0 saturated carbocycles. The van der Waals surface area contributed by atoms with Crippen LogP contribution < -0.4 is 5.11 Å². The van der Waals surface area contributed by atoms with Crippen LogP contribution in [-0.4, -0.2) is 23.5 Å². The molecule has 1 atom stereocenters. The summed E-state index contributed by atoms with van der Waals surface area (Å²) in [6.07, 6.45) is -1.35. The lowest BCUT2D eigenvalue weighted by atomic mass is 9.89. The quantitative estimate of drug-likeness (QED) is 0.481. The maximum atomic E-state index is 10.1. The van der Waals surface area contributed by atoms with Crippen molar-refractivity contribution in [2.24, 2.45) is 5.41 Å². The topological polar surface area (TPSA) is 77.4 Å². The lowest BCUT2D eigenvalue weighted by Gasteiger charge is -2.24. The third-order valence-corrected chi connectivity index (χ3v) is 1.23. The lowest BCUT2D eigenvalue weighted by molar-refractivity contribution is -0.318. The van der Waals surface area contributed by atoms with Crippen molar-refractivity contribution in [2.45, 2.75) is 20.0 Å². The highest BCUT2D eigenvalue weighted by Crippen LogP contribution is 2.15. The van der Waals surface area contributed by atoms with Gasteiger partial charge in [0.25, 0.3) is 0 Å². The molecular formula is C6H9O4-. The van der Waals surface area contributed by atoms with Crippen molar-refractivity contribution in [3.05, 3.63) is 0 Å². The maximum Gasteiger partial charge on any atom is 0.128 e. The zero-order valence-corrected chi connectivity index (χ0v) is 5.83. The lowest BCUT2D eigenvalue weighted by Crippen LogP contribution is -2.45. The third-order valence-electron chi connectivity index (χ3n) is 1.23. The number of hydrogen-bond donors (Lipinski definition) is 1. The smallest absolute Gasteiger partial charge is 0.128 e. The second-order valence-electron chi connectivity index (χ2n) is 2.66. The number of carboxylic acid groups (broad SMARTS) is 1. The molecule has 0 amide bonds. The van der Waals surface area contributed by atoms with Gasteiger partial charge < -0.3 is 19.8 Å². The number of carbonyl (C=O) groups is 2. The highest BCUT2D eigenvalue weighted by atomic mass is 16.4. The first-order chi connectivity index (χ1) is 4.41. The van der Waals surface area contributed by atoms with E-state index in [1.807, 2.05) is 0 Å². The van der Waals surface area contributed by atoms with Crippen molar-refractivity contribution >= 4 is 12.3 Å². The molecule has 0 bridgehead atoms.